The molecule has 0 radical (unpaired) electrons. The van der Waals surface area contributed by atoms with Crippen molar-refractivity contribution in [3.05, 3.63) is 182 Å². The Hall–Kier alpha value is -6.38. The normalized spacial score (nSPS) is 11.3. The van der Waals surface area contributed by atoms with E-state index in [9.17, 15) is 0 Å². The molecule has 0 fully saturated rings. The summed E-state index contributed by atoms with van der Waals surface area (Å²) in [4.78, 5) is 10.1. The second-order valence-corrected chi connectivity index (χ2v) is 12.1. The standard InChI is InChI=1S/C46H30N2/c1-4-15-32(16-5-1)41-30-42(48-46(47-41)36-19-8-3-9-20-36)33-24-26-35(27-25-33)44-39-23-13-12-22-38(39)43(34-17-6-2-7-18-34)40-29-28-31-14-10-11-21-37(31)45(40)44/h1-30H. The third-order valence-electron chi connectivity index (χ3n) is 9.27. The molecule has 0 aliphatic carbocycles. The molecule has 48 heavy (non-hydrogen) atoms. The van der Waals surface area contributed by atoms with E-state index in [1.54, 1.807) is 0 Å². The third kappa shape index (κ3) is 4.83. The third-order valence-corrected chi connectivity index (χ3v) is 9.27. The molecule has 9 rings (SSSR count). The summed E-state index contributed by atoms with van der Waals surface area (Å²) in [7, 11) is 0. The number of nitrogens with zero attached hydrogens (tertiary/aromatic N) is 2. The summed E-state index contributed by atoms with van der Waals surface area (Å²) >= 11 is 0. The van der Waals surface area contributed by atoms with Gasteiger partial charge in [-0.1, -0.05) is 176 Å². The highest BCUT2D eigenvalue weighted by Gasteiger charge is 2.19. The number of hydrogen-bond donors (Lipinski definition) is 0. The van der Waals surface area contributed by atoms with E-state index < -0.39 is 0 Å². The molecular weight excluding hydrogens is 581 g/mol. The monoisotopic (exact) mass is 610 g/mol. The second-order valence-electron chi connectivity index (χ2n) is 12.1. The molecule has 0 spiro atoms. The molecule has 0 N–H and O–H groups in total. The van der Waals surface area contributed by atoms with Gasteiger partial charge in [0.05, 0.1) is 11.4 Å². The van der Waals surface area contributed by atoms with Crippen LogP contribution in [0.3, 0.4) is 0 Å². The number of rotatable bonds is 5. The van der Waals surface area contributed by atoms with Crippen molar-refractivity contribution in [1.29, 1.82) is 0 Å². The lowest BCUT2D eigenvalue weighted by Gasteiger charge is -2.19. The van der Waals surface area contributed by atoms with Crippen LogP contribution in [0.15, 0.2) is 182 Å². The first-order valence-electron chi connectivity index (χ1n) is 16.3. The summed E-state index contributed by atoms with van der Waals surface area (Å²) in [5.41, 5.74) is 9.85. The molecule has 2 heteroatoms. The first kappa shape index (κ1) is 27.9. The molecule has 1 heterocycles. The minimum Gasteiger partial charge on any atom is -0.228 e. The quantitative estimate of drug-likeness (QED) is 0.143. The zero-order valence-corrected chi connectivity index (χ0v) is 26.2. The van der Waals surface area contributed by atoms with Crippen molar-refractivity contribution >= 4 is 32.3 Å². The largest absolute Gasteiger partial charge is 0.228 e. The number of benzene rings is 8. The van der Waals surface area contributed by atoms with Crippen molar-refractivity contribution in [1.82, 2.24) is 9.97 Å². The van der Waals surface area contributed by atoms with E-state index in [0.29, 0.717) is 0 Å². The lowest BCUT2D eigenvalue weighted by molar-refractivity contribution is 1.18. The first-order valence-corrected chi connectivity index (χ1v) is 16.3. The lowest BCUT2D eigenvalue weighted by atomic mass is 9.84. The molecule has 8 aromatic carbocycles. The lowest BCUT2D eigenvalue weighted by Crippen LogP contribution is -1.96. The molecule has 0 atom stereocenters. The van der Waals surface area contributed by atoms with Crippen LogP contribution in [-0.4, -0.2) is 9.97 Å². The highest BCUT2D eigenvalue weighted by molar-refractivity contribution is 6.27. The van der Waals surface area contributed by atoms with Gasteiger partial charge in [-0.15, -0.1) is 0 Å². The number of fused-ring (bicyclic) bond motifs is 4. The zero-order chi connectivity index (χ0) is 31.9. The maximum atomic E-state index is 5.08. The molecule has 0 saturated carbocycles. The molecule has 0 aliphatic heterocycles. The summed E-state index contributed by atoms with van der Waals surface area (Å²) in [5.74, 6) is 0.719. The average molecular weight is 611 g/mol. The Morgan fingerprint density at radius 3 is 1.40 bits per heavy atom. The maximum Gasteiger partial charge on any atom is 0.160 e. The van der Waals surface area contributed by atoms with Crippen LogP contribution < -0.4 is 0 Å². The Morgan fingerprint density at radius 1 is 0.292 bits per heavy atom. The van der Waals surface area contributed by atoms with Gasteiger partial charge in [0, 0.05) is 16.7 Å². The minimum atomic E-state index is 0.719. The number of aromatic nitrogens is 2. The van der Waals surface area contributed by atoms with Crippen LogP contribution in [-0.2, 0) is 0 Å². The van der Waals surface area contributed by atoms with Crippen LogP contribution in [0.4, 0.5) is 0 Å². The average Bonchev–Trinajstić information content (AvgIpc) is 3.18. The number of hydrogen-bond acceptors (Lipinski definition) is 2. The molecule has 0 aliphatic rings. The molecule has 224 valence electrons. The van der Waals surface area contributed by atoms with Crippen molar-refractivity contribution < 1.29 is 0 Å². The van der Waals surface area contributed by atoms with Gasteiger partial charge in [0.2, 0.25) is 0 Å². The fraction of sp³-hybridized carbons (Fsp3) is 0. The second kappa shape index (κ2) is 11.8. The summed E-state index contributed by atoms with van der Waals surface area (Å²) in [5, 5.41) is 7.52. The summed E-state index contributed by atoms with van der Waals surface area (Å²) < 4.78 is 0. The van der Waals surface area contributed by atoms with Crippen molar-refractivity contribution in [3.8, 4) is 56.2 Å². The van der Waals surface area contributed by atoms with Crippen molar-refractivity contribution in [2.75, 3.05) is 0 Å². The van der Waals surface area contributed by atoms with Gasteiger partial charge in [0.25, 0.3) is 0 Å². The van der Waals surface area contributed by atoms with Crippen LogP contribution >= 0.6 is 0 Å². The van der Waals surface area contributed by atoms with Crippen LogP contribution in [0.1, 0.15) is 0 Å². The van der Waals surface area contributed by atoms with E-state index in [4.69, 9.17) is 9.97 Å². The predicted molar refractivity (Wildman–Crippen MR) is 202 cm³/mol. The van der Waals surface area contributed by atoms with E-state index in [1.165, 1.54) is 54.6 Å². The van der Waals surface area contributed by atoms with E-state index in [-0.39, 0.29) is 0 Å². The van der Waals surface area contributed by atoms with Crippen LogP contribution in [0.5, 0.6) is 0 Å². The van der Waals surface area contributed by atoms with Crippen molar-refractivity contribution in [3.63, 3.8) is 0 Å². The topological polar surface area (TPSA) is 25.8 Å². The van der Waals surface area contributed by atoms with Crippen LogP contribution in [0.25, 0.3) is 88.5 Å². The van der Waals surface area contributed by atoms with Gasteiger partial charge in [-0.25, -0.2) is 9.97 Å². The Labute approximate surface area is 279 Å². The van der Waals surface area contributed by atoms with Gasteiger partial charge in [0.1, 0.15) is 0 Å². The molecule has 0 unspecified atom stereocenters. The smallest absolute Gasteiger partial charge is 0.160 e. The van der Waals surface area contributed by atoms with Gasteiger partial charge in [-0.2, -0.15) is 0 Å². The predicted octanol–water partition coefficient (Wildman–Crippen LogP) is 12.3. The Kier molecular flexibility index (Phi) is 6.84. The van der Waals surface area contributed by atoms with Gasteiger partial charge >= 0.3 is 0 Å². The van der Waals surface area contributed by atoms with E-state index in [1.807, 2.05) is 24.3 Å². The summed E-state index contributed by atoms with van der Waals surface area (Å²) in [6.07, 6.45) is 0. The summed E-state index contributed by atoms with van der Waals surface area (Å²) in [6, 6.07) is 64.5. The summed E-state index contributed by atoms with van der Waals surface area (Å²) in [6.45, 7) is 0. The Bertz CT molecular complexity index is 2520. The highest BCUT2D eigenvalue weighted by atomic mass is 14.9. The van der Waals surface area contributed by atoms with Gasteiger partial charge < -0.3 is 0 Å². The van der Waals surface area contributed by atoms with E-state index >= 15 is 0 Å². The highest BCUT2D eigenvalue weighted by Crippen LogP contribution is 2.46. The van der Waals surface area contributed by atoms with Gasteiger partial charge in [-0.05, 0) is 60.6 Å². The molecule has 0 bridgehead atoms. The van der Waals surface area contributed by atoms with Crippen molar-refractivity contribution in [2.45, 2.75) is 0 Å². The molecule has 9 aromatic rings. The van der Waals surface area contributed by atoms with Crippen LogP contribution in [0.2, 0.25) is 0 Å². The molecule has 0 saturated heterocycles. The minimum absolute atomic E-state index is 0.719. The molecule has 0 amide bonds. The van der Waals surface area contributed by atoms with Gasteiger partial charge in [0.15, 0.2) is 5.82 Å². The maximum absolute atomic E-state index is 5.08. The van der Waals surface area contributed by atoms with E-state index in [2.05, 4.69) is 158 Å². The fourth-order valence-electron chi connectivity index (χ4n) is 7.04. The van der Waals surface area contributed by atoms with E-state index in [0.717, 1.165) is 33.9 Å². The van der Waals surface area contributed by atoms with Crippen LogP contribution in [0, 0.1) is 0 Å². The first-order chi connectivity index (χ1) is 23.8. The molecule has 2 nitrogen and oxygen atoms in total. The van der Waals surface area contributed by atoms with Gasteiger partial charge in [-0.3, -0.25) is 0 Å². The zero-order valence-electron chi connectivity index (χ0n) is 26.2. The van der Waals surface area contributed by atoms with Crippen molar-refractivity contribution in [2.24, 2.45) is 0 Å². The molecule has 1 aromatic heterocycles. The Morgan fingerprint density at radius 2 is 0.750 bits per heavy atom. The molecular formula is C46H30N2. The SMILES string of the molecule is c1ccc(-c2cc(-c3ccc(-c4c5ccccc5c(-c5ccccc5)c5ccc6ccccc6c45)cc3)nc(-c3ccccc3)n2)cc1. The Balaban J connectivity index is 1.27. The fourth-order valence-corrected chi connectivity index (χ4v) is 7.04.